The molecule has 1 spiro atoms. The average Bonchev–Trinajstić information content (AvgIpc) is 2.84. The number of carboxylic acid groups (broad SMARTS) is 1. The third-order valence-electron chi connectivity index (χ3n) is 3.92. The van der Waals surface area contributed by atoms with Gasteiger partial charge in [-0.15, -0.1) is 11.8 Å². The quantitative estimate of drug-likeness (QED) is 0.867. The van der Waals surface area contributed by atoms with Crippen LogP contribution in [-0.4, -0.2) is 30.0 Å². The lowest BCUT2D eigenvalue weighted by molar-refractivity contribution is -0.138. The lowest BCUT2D eigenvalue weighted by atomic mass is 9.86. The molecule has 1 unspecified atom stereocenters. The fraction of sp³-hybridized carbons (Fsp3) is 0.500. The third-order valence-corrected chi connectivity index (χ3v) is 5.46. The van der Waals surface area contributed by atoms with Crippen molar-refractivity contribution in [2.75, 3.05) is 12.9 Å². The van der Waals surface area contributed by atoms with E-state index in [0.29, 0.717) is 5.75 Å². The number of hydrogen-bond acceptors (Lipinski definition) is 4. The van der Waals surface area contributed by atoms with Crippen molar-refractivity contribution >= 4 is 17.7 Å². The molecule has 19 heavy (non-hydrogen) atoms. The second-order valence-corrected chi connectivity index (χ2v) is 6.37. The van der Waals surface area contributed by atoms with Crippen molar-refractivity contribution in [3.05, 3.63) is 29.3 Å². The van der Waals surface area contributed by atoms with Gasteiger partial charge < -0.3 is 9.84 Å². The zero-order valence-electron chi connectivity index (χ0n) is 10.8. The van der Waals surface area contributed by atoms with E-state index in [0.717, 1.165) is 25.0 Å². The molecule has 0 saturated carbocycles. The Morgan fingerprint density at radius 2 is 2.42 bits per heavy atom. The SMILES string of the molecule is COc1ccc2c(c1)CCCC21N[C@H](C(=O)O)CS1. The van der Waals surface area contributed by atoms with Gasteiger partial charge in [-0.25, -0.2) is 0 Å². The van der Waals surface area contributed by atoms with E-state index in [4.69, 9.17) is 9.84 Å². The van der Waals surface area contributed by atoms with E-state index in [9.17, 15) is 4.79 Å². The number of carboxylic acids is 1. The summed E-state index contributed by atoms with van der Waals surface area (Å²) in [7, 11) is 1.67. The Hall–Kier alpha value is -1.20. The highest BCUT2D eigenvalue weighted by Crippen LogP contribution is 2.48. The van der Waals surface area contributed by atoms with E-state index < -0.39 is 12.0 Å². The number of benzene rings is 1. The number of carbonyl (C=O) groups is 1. The molecule has 1 aromatic carbocycles. The molecule has 0 bridgehead atoms. The first-order valence-electron chi connectivity index (χ1n) is 6.46. The zero-order valence-corrected chi connectivity index (χ0v) is 11.6. The van der Waals surface area contributed by atoms with E-state index in [-0.39, 0.29) is 4.87 Å². The first kappa shape index (κ1) is 12.8. The van der Waals surface area contributed by atoms with E-state index in [1.165, 1.54) is 11.1 Å². The van der Waals surface area contributed by atoms with Gasteiger partial charge in [0, 0.05) is 5.75 Å². The molecule has 5 heteroatoms. The maximum Gasteiger partial charge on any atom is 0.321 e. The summed E-state index contributed by atoms with van der Waals surface area (Å²) in [6, 6.07) is 5.67. The summed E-state index contributed by atoms with van der Waals surface area (Å²) in [5.74, 6) is 0.736. The molecule has 1 aliphatic carbocycles. The van der Waals surface area contributed by atoms with Gasteiger partial charge in [-0.3, -0.25) is 10.1 Å². The van der Waals surface area contributed by atoms with E-state index in [1.54, 1.807) is 18.9 Å². The minimum atomic E-state index is -0.759. The van der Waals surface area contributed by atoms with Gasteiger partial charge in [-0.05, 0) is 42.5 Å². The minimum Gasteiger partial charge on any atom is -0.497 e. The van der Waals surface area contributed by atoms with Crippen LogP contribution in [0.2, 0.25) is 0 Å². The minimum absolute atomic E-state index is 0.219. The lowest BCUT2D eigenvalue weighted by Crippen LogP contribution is -2.44. The third kappa shape index (κ3) is 2.11. The second-order valence-electron chi connectivity index (χ2n) is 5.05. The number of fused-ring (bicyclic) bond motifs is 2. The normalized spacial score (nSPS) is 29.2. The molecule has 3 rings (SSSR count). The molecule has 1 aromatic rings. The van der Waals surface area contributed by atoms with Crippen molar-refractivity contribution in [1.29, 1.82) is 0 Å². The molecule has 1 heterocycles. The van der Waals surface area contributed by atoms with Gasteiger partial charge in [0.15, 0.2) is 0 Å². The Kier molecular flexibility index (Phi) is 3.19. The van der Waals surface area contributed by atoms with Crippen LogP contribution in [0.1, 0.15) is 24.0 Å². The molecule has 1 saturated heterocycles. The summed E-state index contributed by atoms with van der Waals surface area (Å²) in [6.07, 6.45) is 3.10. The summed E-state index contributed by atoms with van der Waals surface area (Å²) < 4.78 is 5.27. The molecule has 1 aliphatic heterocycles. The molecular weight excluding hydrogens is 262 g/mol. The van der Waals surface area contributed by atoms with Gasteiger partial charge in [0.05, 0.1) is 12.0 Å². The van der Waals surface area contributed by atoms with Crippen molar-refractivity contribution in [3.63, 3.8) is 0 Å². The molecule has 2 aliphatic rings. The topological polar surface area (TPSA) is 58.6 Å². The molecule has 102 valence electrons. The van der Waals surface area contributed by atoms with Crippen LogP contribution in [0, 0.1) is 0 Å². The Labute approximate surface area is 116 Å². The number of thioether (sulfide) groups is 1. The maximum absolute atomic E-state index is 11.1. The fourth-order valence-electron chi connectivity index (χ4n) is 2.98. The molecule has 2 N–H and O–H groups in total. The monoisotopic (exact) mass is 279 g/mol. The van der Waals surface area contributed by atoms with E-state index >= 15 is 0 Å². The predicted molar refractivity (Wildman–Crippen MR) is 74.6 cm³/mol. The van der Waals surface area contributed by atoms with Crippen LogP contribution >= 0.6 is 11.8 Å². The van der Waals surface area contributed by atoms with E-state index in [2.05, 4.69) is 17.4 Å². The molecule has 4 nitrogen and oxygen atoms in total. The molecular formula is C14H17NO3S. The highest BCUT2D eigenvalue weighted by molar-refractivity contribution is 8.00. The second kappa shape index (κ2) is 4.72. The number of hydrogen-bond donors (Lipinski definition) is 2. The number of aliphatic carboxylic acids is 1. The first-order valence-corrected chi connectivity index (χ1v) is 7.45. The zero-order chi connectivity index (χ0) is 13.5. The number of methoxy groups -OCH3 is 1. The number of aryl methyl sites for hydroxylation is 1. The van der Waals surface area contributed by atoms with Crippen molar-refractivity contribution in [1.82, 2.24) is 5.32 Å². The number of ether oxygens (including phenoxy) is 1. The highest BCUT2D eigenvalue weighted by atomic mass is 32.2. The van der Waals surface area contributed by atoms with E-state index in [1.807, 2.05) is 6.07 Å². The summed E-state index contributed by atoms with van der Waals surface area (Å²) >= 11 is 1.73. The molecule has 0 aromatic heterocycles. The fourth-order valence-corrected chi connectivity index (χ4v) is 4.53. The van der Waals surface area contributed by atoms with Crippen LogP contribution in [0.15, 0.2) is 18.2 Å². The Morgan fingerprint density at radius 3 is 3.11 bits per heavy atom. The highest BCUT2D eigenvalue weighted by Gasteiger charge is 2.45. The maximum atomic E-state index is 11.1. The number of rotatable bonds is 2. The summed E-state index contributed by atoms with van der Waals surface area (Å²) in [5.41, 5.74) is 2.50. The van der Waals surface area contributed by atoms with Gasteiger partial charge in [0.1, 0.15) is 11.8 Å². The summed E-state index contributed by atoms with van der Waals surface area (Å²) in [5, 5.41) is 12.5. The standard InChI is InChI=1S/C14H17NO3S/c1-18-10-4-5-11-9(7-10)3-2-6-14(11)15-12(8-19-14)13(16)17/h4-5,7,12,15H,2-3,6,8H2,1H3,(H,16,17)/t12-,14?/m0/s1. The van der Waals surface area contributed by atoms with Crippen molar-refractivity contribution in [3.8, 4) is 5.75 Å². The van der Waals surface area contributed by atoms with Crippen molar-refractivity contribution in [2.45, 2.75) is 30.2 Å². The van der Waals surface area contributed by atoms with Crippen LogP contribution in [0.3, 0.4) is 0 Å². The number of nitrogens with one attached hydrogen (secondary N) is 1. The smallest absolute Gasteiger partial charge is 0.321 e. The first-order chi connectivity index (χ1) is 9.14. The van der Waals surface area contributed by atoms with Gasteiger partial charge in [0.25, 0.3) is 0 Å². The Bertz CT molecular complexity index is 519. The van der Waals surface area contributed by atoms with Crippen LogP contribution in [0.5, 0.6) is 5.75 Å². The van der Waals surface area contributed by atoms with Crippen LogP contribution in [-0.2, 0) is 16.1 Å². The van der Waals surface area contributed by atoms with Gasteiger partial charge in [0.2, 0.25) is 0 Å². The largest absolute Gasteiger partial charge is 0.497 e. The molecule has 0 amide bonds. The van der Waals surface area contributed by atoms with Gasteiger partial charge in [-0.1, -0.05) is 6.07 Å². The molecule has 1 fully saturated rings. The van der Waals surface area contributed by atoms with Crippen LogP contribution in [0.25, 0.3) is 0 Å². The summed E-state index contributed by atoms with van der Waals surface area (Å²) in [4.78, 5) is 10.9. The van der Waals surface area contributed by atoms with Crippen molar-refractivity contribution in [2.24, 2.45) is 0 Å². The average molecular weight is 279 g/mol. The Morgan fingerprint density at radius 1 is 1.58 bits per heavy atom. The van der Waals surface area contributed by atoms with Gasteiger partial charge >= 0.3 is 5.97 Å². The molecule has 0 radical (unpaired) electrons. The predicted octanol–water partition coefficient (Wildman–Crippen LogP) is 1.97. The van der Waals surface area contributed by atoms with Gasteiger partial charge in [-0.2, -0.15) is 0 Å². The van der Waals surface area contributed by atoms with Crippen LogP contribution in [0.4, 0.5) is 0 Å². The van der Waals surface area contributed by atoms with Crippen molar-refractivity contribution < 1.29 is 14.6 Å². The lowest BCUT2D eigenvalue weighted by Gasteiger charge is -2.35. The van der Waals surface area contributed by atoms with Crippen LogP contribution < -0.4 is 10.1 Å². The Balaban J connectivity index is 1.97. The molecule has 2 atom stereocenters. The summed E-state index contributed by atoms with van der Waals surface area (Å²) in [6.45, 7) is 0.